The summed E-state index contributed by atoms with van der Waals surface area (Å²) in [5.74, 6) is 0.408. The van der Waals surface area contributed by atoms with E-state index in [-0.39, 0.29) is 11.5 Å². The number of carboxylic acids is 1. The molecule has 0 aliphatic carbocycles. The molecular formula is C42H44N6O5. The quantitative estimate of drug-likeness (QED) is 0.164. The average Bonchev–Trinajstić information content (AvgIpc) is 3.85. The first kappa shape index (κ1) is 36.8. The van der Waals surface area contributed by atoms with Crippen LogP contribution in [-0.4, -0.2) is 81.5 Å². The number of aromatic carboxylic acids is 1. The Kier molecular flexibility index (Phi) is 11.5. The summed E-state index contributed by atoms with van der Waals surface area (Å²) in [6.07, 6.45) is 4.56. The van der Waals surface area contributed by atoms with Crippen LogP contribution in [0.2, 0.25) is 0 Å². The lowest BCUT2D eigenvalue weighted by Crippen LogP contribution is -2.28. The van der Waals surface area contributed by atoms with Crippen LogP contribution in [-0.2, 0) is 4.74 Å². The van der Waals surface area contributed by atoms with Crippen LogP contribution in [0.3, 0.4) is 0 Å². The Morgan fingerprint density at radius 2 is 1.06 bits per heavy atom. The van der Waals surface area contributed by atoms with Gasteiger partial charge in [-0.25, -0.2) is 29.5 Å². The molecule has 0 radical (unpaired) electrons. The molecule has 272 valence electrons. The van der Waals surface area contributed by atoms with Crippen molar-refractivity contribution in [3.05, 3.63) is 108 Å². The highest BCUT2D eigenvalue weighted by atomic mass is 16.5. The molecule has 0 spiro atoms. The van der Waals surface area contributed by atoms with Gasteiger partial charge in [0.2, 0.25) is 0 Å². The SMILES string of the molecule is CO.COC(=O)c1ccc2nc(-c3ccccc3)c(N3CCC[C@H]3C)nc2c1.C[C@@H]1CCCN1c1nc2cc(C(=O)O)ccc2nc1-c1ccccc1. The summed E-state index contributed by atoms with van der Waals surface area (Å²) in [5, 5.41) is 16.2. The van der Waals surface area contributed by atoms with Gasteiger partial charge in [-0.1, -0.05) is 60.7 Å². The molecule has 0 unspecified atom stereocenters. The van der Waals surface area contributed by atoms with E-state index in [4.69, 9.17) is 29.8 Å². The molecule has 2 saturated heterocycles. The third kappa shape index (κ3) is 7.95. The number of aromatic nitrogens is 4. The number of carbonyl (C=O) groups excluding carboxylic acids is 1. The Morgan fingerprint density at radius 1 is 0.623 bits per heavy atom. The van der Waals surface area contributed by atoms with Gasteiger partial charge < -0.3 is 24.7 Å². The fraction of sp³-hybridized carbons (Fsp3) is 0.286. The summed E-state index contributed by atoms with van der Waals surface area (Å²) < 4.78 is 4.83. The summed E-state index contributed by atoms with van der Waals surface area (Å²) in [5.41, 5.74) is 7.34. The molecule has 2 atom stereocenters. The first-order valence-electron chi connectivity index (χ1n) is 17.8. The minimum absolute atomic E-state index is 0.231. The molecule has 4 heterocycles. The summed E-state index contributed by atoms with van der Waals surface area (Å²) >= 11 is 0. The third-order valence-electron chi connectivity index (χ3n) is 9.70. The first-order valence-corrected chi connectivity index (χ1v) is 17.8. The maximum atomic E-state index is 11.9. The van der Waals surface area contributed by atoms with E-state index in [0.29, 0.717) is 34.2 Å². The fourth-order valence-electron chi connectivity index (χ4n) is 6.94. The number of methoxy groups -OCH3 is 1. The topological polar surface area (TPSA) is 142 Å². The van der Waals surface area contributed by atoms with Gasteiger partial charge in [0.15, 0.2) is 11.6 Å². The predicted molar refractivity (Wildman–Crippen MR) is 208 cm³/mol. The van der Waals surface area contributed by atoms with Gasteiger partial charge in [0.05, 0.1) is 40.3 Å². The van der Waals surface area contributed by atoms with E-state index in [2.05, 4.69) is 35.8 Å². The second-order valence-corrected chi connectivity index (χ2v) is 13.1. The number of benzene rings is 4. The minimum Gasteiger partial charge on any atom is -0.478 e. The van der Waals surface area contributed by atoms with Gasteiger partial charge in [0.1, 0.15) is 11.4 Å². The van der Waals surface area contributed by atoms with Crippen LogP contribution in [0.1, 0.15) is 60.2 Å². The van der Waals surface area contributed by atoms with Crippen LogP contribution in [0.25, 0.3) is 44.6 Å². The molecule has 0 bridgehead atoms. The largest absolute Gasteiger partial charge is 0.478 e. The maximum Gasteiger partial charge on any atom is 0.337 e. The number of aliphatic hydroxyl groups is 1. The van der Waals surface area contributed by atoms with Crippen molar-refractivity contribution in [1.29, 1.82) is 0 Å². The average molecular weight is 713 g/mol. The van der Waals surface area contributed by atoms with Gasteiger partial charge in [-0.05, 0) is 75.9 Å². The third-order valence-corrected chi connectivity index (χ3v) is 9.70. The smallest absolute Gasteiger partial charge is 0.337 e. The molecule has 11 heteroatoms. The van der Waals surface area contributed by atoms with E-state index >= 15 is 0 Å². The molecular weight excluding hydrogens is 668 g/mol. The molecule has 0 amide bonds. The van der Waals surface area contributed by atoms with Crippen LogP contribution >= 0.6 is 0 Å². The van der Waals surface area contributed by atoms with Crippen LogP contribution in [0.15, 0.2) is 97.1 Å². The molecule has 11 nitrogen and oxygen atoms in total. The summed E-state index contributed by atoms with van der Waals surface area (Å²) in [6.45, 7) is 6.33. The Balaban J connectivity index is 0.000000173. The van der Waals surface area contributed by atoms with E-state index in [1.807, 2.05) is 54.6 Å². The van der Waals surface area contributed by atoms with Crippen molar-refractivity contribution >= 4 is 45.6 Å². The molecule has 6 aromatic rings. The van der Waals surface area contributed by atoms with Gasteiger partial charge in [-0.2, -0.15) is 0 Å². The zero-order chi connectivity index (χ0) is 37.5. The number of esters is 1. The van der Waals surface area contributed by atoms with E-state index in [1.165, 1.54) is 7.11 Å². The van der Waals surface area contributed by atoms with Crippen LogP contribution in [0.5, 0.6) is 0 Å². The minimum atomic E-state index is -0.952. The lowest BCUT2D eigenvalue weighted by atomic mass is 10.1. The highest BCUT2D eigenvalue weighted by Gasteiger charge is 2.27. The van der Waals surface area contributed by atoms with E-state index in [0.717, 1.165) is 85.5 Å². The monoisotopic (exact) mass is 712 g/mol. The number of hydrogen-bond donors (Lipinski definition) is 2. The highest BCUT2D eigenvalue weighted by Crippen LogP contribution is 2.35. The predicted octanol–water partition coefficient (Wildman–Crippen LogP) is 7.66. The van der Waals surface area contributed by atoms with Gasteiger partial charge in [0.25, 0.3) is 0 Å². The summed E-state index contributed by atoms with van der Waals surface area (Å²) in [6, 6.07) is 31.2. The number of carbonyl (C=O) groups is 2. The number of rotatable bonds is 6. The molecule has 4 aromatic carbocycles. The Labute approximate surface area is 308 Å². The second kappa shape index (κ2) is 16.6. The molecule has 2 aliphatic rings. The van der Waals surface area contributed by atoms with Crippen molar-refractivity contribution < 1.29 is 24.5 Å². The molecule has 53 heavy (non-hydrogen) atoms. The fourth-order valence-corrected chi connectivity index (χ4v) is 6.94. The van der Waals surface area contributed by atoms with E-state index in [1.54, 1.807) is 30.3 Å². The summed E-state index contributed by atoms with van der Waals surface area (Å²) in [4.78, 5) is 47.2. The Hall–Kier alpha value is -5.94. The van der Waals surface area contributed by atoms with Crippen LogP contribution < -0.4 is 9.80 Å². The van der Waals surface area contributed by atoms with Crippen molar-refractivity contribution in [2.24, 2.45) is 0 Å². The lowest BCUT2D eigenvalue weighted by Gasteiger charge is -2.25. The van der Waals surface area contributed by atoms with Crippen molar-refractivity contribution in [2.45, 2.75) is 51.6 Å². The van der Waals surface area contributed by atoms with Crippen molar-refractivity contribution in [2.75, 3.05) is 37.1 Å². The highest BCUT2D eigenvalue weighted by molar-refractivity contribution is 5.95. The molecule has 0 saturated carbocycles. The summed E-state index contributed by atoms with van der Waals surface area (Å²) in [7, 11) is 2.38. The Morgan fingerprint density at radius 3 is 1.45 bits per heavy atom. The molecule has 2 aliphatic heterocycles. The molecule has 2 fully saturated rings. The van der Waals surface area contributed by atoms with Crippen molar-refractivity contribution in [3.8, 4) is 22.5 Å². The second-order valence-electron chi connectivity index (χ2n) is 13.1. The lowest BCUT2D eigenvalue weighted by molar-refractivity contribution is 0.0600. The number of hydrogen-bond acceptors (Lipinski definition) is 10. The normalized spacial score (nSPS) is 16.5. The zero-order valence-electron chi connectivity index (χ0n) is 30.4. The number of carboxylic acid groups (broad SMARTS) is 1. The molecule has 8 rings (SSSR count). The van der Waals surface area contributed by atoms with Crippen molar-refractivity contribution in [3.63, 3.8) is 0 Å². The van der Waals surface area contributed by atoms with Gasteiger partial charge in [-0.3, -0.25) is 0 Å². The van der Waals surface area contributed by atoms with Crippen molar-refractivity contribution in [1.82, 2.24) is 19.9 Å². The Bertz CT molecular complexity index is 2220. The van der Waals surface area contributed by atoms with Gasteiger partial charge in [-0.15, -0.1) is 0 Å². The maximum absolute atomic E-state index is 11.9. The zero-order valence-corrected chi connectivity index (χ0v) is 30.4. The first-order chi connectivity index (χ1) is 25.8. The number of anilines is 2. The van der Waals surface area contributed by atoms with E-state index < -0.39 is 5.97 Å². The van der Waals surface area contributed by atoms with Crippen LogP contribution in [0, 0.1) is 0 Å². The standard InChI is InChI=1S/C21H21N3O2.C20H19N3O2.CH4O/c1-14-7-6-12-24(14)20-19(15-8-4-3-5-9-15)22-17-11-10-16(21(25)26-2)13-18(17)23-20;1-13-6-5-11-23(13)19-18(14-7-3-2-4-8-14)21-16-10-9-15(20(24)25)12-17(16)22-19;1-2/h3-5,8-11,13-14H,6-7,12H2,1-2H3;2-4,7-10,12-13H,5-6,11H2,1H3,(H,24,25);2H,1H3/t14-;13-;/m11./s1. The number of nitrogens with zero attached hydrogens (tertiary/aromatic N) is 6. The van der Waals surface area contributed by atoms with Gasteiger partial charge >= 0.3 is 11.9 Å². The number of ether oxygens (including phenoxy) is 1. The van der Waals surface area contributed by atoms with Gasteiger partial charge in [0, 0.05) is 43.4 Å². The van der Waals surface area contributed by atoms with E-state index in [9.17, 15) is 14.7 Å². The van der Waals surface area contributed by atoms with Crippen LogP contribution in [0.4, 0.5) is 11.6 Å². The number of aliphatic hydroxyl groups excluding tert-OH is 1. The number of fused-ring (bicyclic) bond motifs is 2. The molecule has 2 N–H and O–H groups in total. The molecule has 2 aromatic heterocycles.